The van der Waals surface area contributed by atoms with E-state index in [9.17, 15) is 4.79 Å². The molecule has 7 nitrogen and oxygen atoms in total. The Kier molecular flexibility index (Phi) is 8.21. The fraction of sp³-hybridized carbons (Fsp3) is 0.556. The highest BCUT2D eigenvalue weighted by atomic mass is 16.5. The molecule has 1 fully saturated rings. The lowest BCUT2D eigenvalue weighted by atomic mass is 10.2. The molecular formula is C18H26N2O5. The Morgan fingerprint density at radius 1 is 1.32 bits per heavy atom. The minimum atomic E-state index is -0.287. The van der Waals surface area contributed by atoms with Crippen LogP contribution in [0.3, 0.4) is 0 Å². The van der Waals surface area contributed by atoms with Crippen LogP contribution in [0.4, 0.5) is 0 Å². The lowest BCUT2D eigenvalue weighted by Crippen LogP contribution is -2.34. The monoisotopic (exact) mass is 350 g/mol. The number of amidine groups is 1. The summed E-state index contributed by atoms with van der Waals surface area (Å²) in [4.78, 5) is 16.7. The second-order valence-corrected chi connectivity index (χ2v) is 5.51. The van der Waals surface area contributed by atoms with E-state index < -0.39 is 0 Å². The second-order valence-electron chi connectivity index (χ2n) is 5.51. The number of aliphatic imine (C=N–C) groups is 1. The van der Waals surface area contributed by atoms with E-state index in [1.54, 1.807) is 31.4 Å². The van der Waals surface area contributed by atoms with Crippen molar-refractivity contribution in [1.29, 1.82) is 0 Å². The summed E-state index contributed by atoms with van der Waals surface area (Å²) in [6.07, 6.45) is 2.10. The molecule has 7 heteroatoms. The van der Waals surface area contributed by atoms with Gasteiger partial charge in [-0.3, -0.25) is 10.1 Å². The number of nitrogens with one attached hydrogen (secondary N) is 1. The van der Waals surface area contributed by atoms with Gasteiger partial charge in [0.1, 0.15) is 12.4 Å². The van der Waals surface area contributed by atoms with Crippen molar-refractivity contribution >= 4 is 11.9 Å². The quantitative estimate of drug-likeness (QED) is 0.441. The Morgan fingerprint density at radius 3 is 2.76 bits per heavy atom. The van der Waals surface area contributed by atoms with Gasteiger partial charge in [0, 0.05) is 18.8 Å². The average molecular weight is 350 g/mol. The third-order valence-electron chi connectivity index (χ3n) is 3.71. The van der Waals surface area contributed by atoms with Crippen LogP contribution in [-0.2, 0) is 14.2 Å². The van der Waals surface area contributed by atoms with E-state index in [1.165, 1.54) is 0 Å². The normalized spacial score (nSPS) is 17.4. The summed E-state index contributed by atoms with van der Waals surface area (Å²) in [5.41, 5.74) is 0.499. The van der Waals surface area contributed by atoms with E-state index in [0.717, 1.165) is 19.4 Å². The standard InChI is InChI=1S/C18H26N2O5/c1-3-23-11-12-25-18(19-13-16-5-4-10-24-16)20-17(21)14-6-8-15(22-2)9-7-14/h6-9,16H,3-5,10-13H2,1-2H3,(H,19,20,21). The van der Waals surface area contributed by atoms with Gasteiger partial charge in [-0.15, -0.1) is 0 Å². The number of amides is 1. The number of carbonyl (C=O) groups is 1. The molecule has 25 heavy (non-hydrogen) atoms. The molecule has 0 radical (unpaired) electrons. The van der Waals surface area contributed by atoms with Crippen LogP contribution in [0.2, 0.25) is 0 Å². The first-order valence-corrected chi connectivity index (χ1v) is 8.55. The molecule has 1 heterocycles. The van der Waals surface area contributed by atoms with Gasteiger partial charge >= 0.3 is 0 Å². The van der Waals surface area contributed by atoms with E-state index >= 15 is 0 Å². The molecule has 1 atom stereocenters. The second kappa shape index (κ2) is 10.7. The molecule has 1 aromatic rings. The zero-order valence-electron chi connectivity index (χ0n) is 14.8. The number of ether oxygens (including phenoxy) is 4. The van der Waals surface area contributed by atoms with Gasteiger partial charge in [-0.2, -0.15) is 0 Å². The van der Waals surface area contributed by atoms with Crippen molar-refractivity contribution in [2.75, 3.05) is 40.1 Å². The van der Waals surface area contributed by atoms with Gasteiger partial charge in [0.25, 0.3) is 11.9 Å². The molecule has 0 bridgehead atoms. The maximum absolute atomic E-state index is 12.4. The molecule has 1 aliphatic rings. The number of nitrogens with zero attached hydrogens (tertiary/aromatic N) is 1. The molecule has 0 saturated carbocycles. The largest absolute Gasteiger partial charge is 0.497 e. The van der Waals surface area contributed by atoms with Crippen molar-refractivity contribution in [2.45, 2.75) is 25.9 Å². The summed E-state index contributed by atoms with van der Waals surface area (Å²) < 4.78 is 21.4. The van der Waals surface area contributed by atoms with Crippen LogP contribution < -0.4 is 10.1 Å². The number of benzene rings is 1. The highest BCUT2D eigenvalue weighted by Gasteiger charge is 2.16. The van der Waals surface area contributed by atoms with E-state index in [1.807, 2.05) is 6.92 Å². The van der Waals surface area contributed by atoms with Gasteiger partial charge in [0.2, 0.25) is 0 Å². The summed E-state index contributed by atoms with van der Waals surface area (Å²) in [5, 5.41) is 2.71. The fourth-order valence-corrected chi connectivity index (χ4v) is 2.35. The zero-order chi connectivity index (χ0) is 17.9. The SMILES string of the molecule is CCOCCOC(=NCC1CCCO1)NC(=O)c1ccc(OC)cc1. The minimum absolute atomic E-state index is 0.0865. The predicted octanol–water partition coefficient (Wildman–Crippen LogP) is 2.01. The first kappa shape index (κ1) is 19.2. The Bertz CT molecular complexity index is 553. The van der Waals surface area contributed by atoms with Gasteiger partial charge in [0.05, 0.1) is 26.4 Å². The van der Waals surface area contributed by atoms with Crippen molar-refractivity contribution in [3.05, 3.63) is 29.8 Å². The maximum Gasteiger partial charge on any atom is 0.291 e. The van der Waals surface area contributed by atoms with Gasteiger partial charge in [-0.1, -0.05) is 0 Å². The lowest BCUT2D eigenvalue weighted by Gasteiger charge is -2.12. The molecule has 1 aliphatic heterocycles. The van der Waals surface area contributed by atoms with Crippen molar-refractivity contribution in [3.63, 3.8) is 0 Å². The van der Waals surface area contributed by atoms with E-state index in [4.69, 9.17) is 18.9 Å². The topological polar surface area (TPSA) is 78.4 Å². The van der Waals surface area contributed by atoms with Gasteiger partial charge in [-0.05, 0) is 44.0 Å². The first-order valence-electron chi connectivity index (χ1n) is 8.55. The Hall–Kier alpha value is -2.12. The molecule has 0 spiro atoms. The van der Waals surface area contributed by atoms with Crippen LogP contribution in [0.1, 0.15) is 30.1 Å². The zero-order valence-corrected chi connectivity index (χ0v) is 14.8. The predicted molar refractivity (Wildman–Crippen MR) is 94.2 cm³/mol. The highest BCUT2D eigenvalue weighted by molar-refractivity contribution is 6.04. The summed E-state index contributed by atoms with van der Waals surface area (Å²) in [6.45, 7) is 4.52. The number of hydrogen-bond acceptors (Lipinski definition) is 6. The molecule has 1 saturated heterocycles. The van der Waals surface area contributed by atoms with Crippen molar-refractivity contribution in [3.8, 4) is 5.75 Å². The van der Waals surface area contributed by atoms with E-state index in [0.29, 0.717) is 37.7 Å². The third-order valence-corrected chi connectivity index (χ3v) is 3.71. The molecular weight excluding hydrogens is 324 g/mol. The van der Waals surface area contributed by atoms with Crippen LogP contribution >= 0.6 is 0 Å². The summed E-state index contributed by atoms with van der Waals surface area (Å²) in [5.74, 6) is 0.405. The highest BCUT2D eigenvalue weighted by Crippen LogP contribution is 2.13. The maximum atomic E-state index is 12.4. The number of carbonyl (C=O) groups excluding carboxylic acids is 1. The molecule has 1 N–H and O–H groups in total. The fourth-order valence-electron chi connectivity index (χ4n) is 2.35. The van der Waals surface area contributed by atoms with Crippen molar-refractivity contribution < 1.29 is 23.7 Å². The molecule has 2 rings (SSSR count). The van der Waals surface area contributed by atoms with Gasteiger partial charge < -0.3 is 18.9 Å². The molecule has 0 aromatic heterocycles. The van der Waals surface area contributed by atoms with Crippen molar-refractivity contribution in [1.82, 2.24) is 5.32 Å². The third kappa shape index (κ3) is 6.72. The Morgan fingerprint density at radius 2 is 2.12 bits per heavy atom. The first-order chi connectivity index (χ1) is 12.2. The Balaban J connectivity index is 1.94. The van der Waals surface area contributed by atoms with Crippen molar-refractivity contribution in [2.24, 2.45) is 4.99 Å². The van der Waals surface area contributed by atoms with Gasteiger partial charge in [0.15, 0.2) is 0 Å². The summed E-state index contributed by atoms with van der Waals surface area (Å²) in [7, 11) is 1.58. The summed E-state index contributed by atoms with van der Waals surface area (Å²) in [6, 6.07) is 7.02. The molecule has 138 valence electrons. The average Bonchev–Trinajstić information content (AvgIpc) is 3.16. The van der Waals surface area contributed by atoms with Crippen LogP contribution in [0.5, 0.6) is 5.75 Å². The summed E-state index contributed by atoms with van der Waals surface area (Å²) >= 11 is 0. The number of hydrogen-bond donors (Lipinski definition) is 1. The van der Waals surface area contributed by atoms with Crippen LogP contribution in [0.25, 0.3) is 0 Å². The molecule has 0 aliphatic carbocycles. The van der Waals surface area contributed by atoms with Crippen LogP contribution in [0, 0.1) is 0 Å². The number of rotatable bonds is 8. The smallest absolute Gasteiger partial charge is 0.291 e. The van der Waals surface area contributed by atoms with E-state index in [-0.39, 0.29) is 18.0 Å². The molecule has 1 aromatic carbocycles. The lowest BCUT2D eigenvalue weighted by molar-refractivity contribution is 0.0913. The van der Waals surface area contributed by atoms with E-state index in [2.05, 4.69) is 10.3 Å². The minimum Gasteiger partial charge on any atom is -0.497 e. The number of methoxy groups -OCH3 is 1. The van der Waals surface area contributed by atoms with Crippen LogP contribution in [0.15, 0.2) is 29.3 Å². The van der Waals surface area contributed by atoms with Crippen LogP contribution in [-0.4, -0.2) is 58.1 Å². The Labute approximate surface area is 148 Å². The van der Waals surface area contributed by atoms with Gasteiger partial charge in [-0.25, -0.2) is 4.99 Å². The molecule has 1 unspecified atom stereocenters. The molecule has 1 amide bonds.